The van der Waals surface area contributed by atoms with Crippen LogP contribution < -0.4 is 5.73 Å². The largest absolute Gasteiger partial charge is 0.326 e. The Hall–Kier alpha value is -0.220. The van der Waals surface area contributed by atoms with Gasteiger partial charge in [0, 0.05) is 12.1 Å². The van der Waals surface area contributed by atoms with Crippen molar-refractivity contribution in [2.75, 3.05) is 13.6 Å². The lowest BCUT2D eigenvalue weighted by Crippen LogP contribution is -2.50. The maximum Gasteiger partial charge on any atom is 0.251 e. The summed E-state index contributed by atoms with van der Waals surface area (Å²) in [6.07, 6.45) is 3.23. The van der Waals surface area contributed by atoms with Crippen LogP contribution in [0.2, 0.25) is 0 Å². The van der Waals surface area contributed by atoms with E-state index in [0.717, 1.165) is 19.3 Å². The van der Waals surface area contributed by atoms with Crippen LogP contribution >= 0.6 is 0 Å². The van der Waals surface area contributed by atoms with E-state index in [1.807, 2.05) is 0 Å². The SMILES string of the molecule is CCCC1CCC(N)C(N(C)CC(F)F)C1. The molecule has 3 unspecified atom stereocenters. The van der Waals surface area contributed by atoms with Crippen molar-refractivity contribution >= 4 is 0 Å². The summed E-state index contributed by atoms with van der Waals surface area (Å²) in [5, 5.41) is 0. The van der Waals surface area contributed by atoms with Crippen molar-refractivity contribution in [2.24, 2.45) is 11.7 Å². The van der Waals surface area contributed by atoms with Crippen LogP contribution in [0.1, 0.15) is 39.0 Å². The van der Waals surface area contributed by atoms with Gasteiger partial charge in [-0.25, -0.2) is 8.78 Å². The normalized spacial score (nSPS) is 31.3. The van der Waals surface area contributed by atoms with Crippen molar-refractivity contribution in [2.45, 2.75) is 57.5 Å². The van der Waals surface area contributed by atoms with E-state index in [-0.39, 0.29) is 18.6 Å². The summed E-state index contributed by atoms with van der Waals surface area (Å²) >= 11 is 0. The van der Waals surface area contributed by atoms with Crippen LogP contribution in [0.5, 0.6) is 0 Å². The van der Waals surface area contributed by atoms with E-state index in [9.17, 15) is 8.78 Å². The Bertz CT molecular complexity index is 199. The highest BCUT2D eigenvalue weighted by molar-refractivity contribution is 4.88. The predicted octanol–water partition coefficient (Wildman–Crippen LogP) is 2.48. The smallest absolute Gasteiger partial charge is 0.251 e. The fraction of sp³-hybridized carbons (Fsp3) is 1.00. The van der Waals surface area contributed by atoms with Gasteiger partial charge in [-0.3, -0.25) is 4.90 Å². The lowest BCUT2D eigenvalue weighted by Gasteiger charge is -2.39. The molecule has 1 fully saturated rings. The first kappa shape index (κ1) is 13.8. The molecule has 16 heavy (non-hydrogen) atoms. The summed E-state index contributed by atoms with van der Waals surface area (Å²) < 4.78 is 24.7. The molecule has 0 aliphatic heterocycles. The maximum atomic E-state index is 12.3. The average molecular weight is 234 g/mol. The van der Waals surface area contributed by atoms with E-state index in [4.69, 9.17) is 5.73 Å². The average Bonchev–Trinajstić information content (AvgIpc) is 2.20. The quantitative estimate of drug-likeness (QED) is 0.792. The zero-order valence-corrected chi connectivity index (χ0v) is 10.3. The van der Waals surface area contributed by atoms with Crippen LogP contribution in [0.4, 0.5) is 8.78 Å². The molecule has 0 aromatic heterocycles. The number of halogens is 2. The molecule has 0 aromatic rings. The summed E-state index contributed by atoms with van der Waals surface area (Å²) in [5.41, 5.74) is 6.03. The summed E-state index contributed by atoms with van der Waals surface area (Å²) in [6.45, 7) is 2.02. The first-order valence-corrected chi connectivity index (χ1v) is 6.28. The second kappa shape index (κ2) is 6.50. The van der Waals surface area contributed by atoms with E-state index in [1.165, 1.54) is 12.8 Å². The summed E-state index contributed by atoms with van der Waals surface area (Å²) in [5.74, 6) is 0.676. The van der Waals surface area contributed by atoms with Crippen molar-refractivity contribution in [1.29, 1.82) is 0 Å². The molecule has 1 rings (SSSR count). The molecule has 0 heterocycles. The number of nitrogens with zero attached hydrogens (tertiary/aromatic N) is 1. The molecule has 4 heteroatoms. The number of nitrogens with two attached hydrogens (primary N) is 1. The van der Waals surface area contributed by atoms with Gasteiger partial charge in [0.25, 0.3) is 6.43 Å². The molecule has 1 saturated carbocycles. The third kappa shape index (κ3) is 3.98. The second-order valence-corrected chi connectivity index (χ2v) is 5.03. The van der Waals surface area contributed by atoms with Gasteiger partial charge in [-0.1, -0.05) is 19.8 Å². The van der Waals surface area contributed by atoms with Gasteiger partial charge in [0.2, 0.25) is 0 Å². The van der Waals surface area contributed by atoms with Crippen molar-refractivity contribution in [1.82, 2.24) is 4.90 Å². The first-order chi connectivity index (χ1) is 7.54. The fourth-order valence-corrected chi connectivity index (χ4v) is 2.79. The van der Waals surface area contributed by atoms with Crippen molar-refractivity contribution in [3.8, 4) is 0 Å². The molecular formula is C12H24F2N2. The van der Waals surface area contributed by atoms with Gasteiger partial charge < -0.3 is 5.73 Å². The minimum atomic E-state index is -2.26. The van der Waals surface area contributed by atoms with Crippen LogP contribution in [0, 0.1) is 5.92 Å². The zero-order valence-electron chi connectivity index (χ0n) is 10.3. The maximum absolute atomic E-state index is 12.3. The molecule has 2 N–H and O–H groups in total. The molecule has 0 spiro atoms. The minimum absolute atomic E-state index is 0.0665. The third-order valence-corrected chi connectivity index (χ3v) is 3.67. The van der Waals surface area contributed by atoms with E-state index in [2.05, 4.69) is 6.92 Å². The Balaban J connectivity index is 2.48. The van der Waals surface area contributed by atoms with Crippen LogP contribution in [-0.4, -0.2) is 37.0 Å². The standard InChI is InChI=1S/C12H24F2N2/c1-3-4-9-5-6-10(15)11(7-9)16(2)8-12(13)14/h9-12H,3-8,15H2,1-2H3. The van der Waals surface area contributed by atoms with Gasteiger partial charge in [-0.2, -0.15) is 0 Å². The molecular weight excluding hydrogens is 210 g/mol. The molecule has 0 saturated heterocycles. The Morgan fingerprint density at radius 2 is 2.06 bits per heavy atom. The van der Waals surface area contributed by atoms with E-state index in [1.54, 1.807) is 11.9 Å². The molecule has 1 aliphatic carbocycles. The highest BCUT2D eigenvalue weighted by Gasteiger charge is 2.31. The number of hydrogen-bond donors (Lipinski definition) is 1. The monoisotopic (exact) mass is 234 g/mol. The molecule has 2 nitrogen and oxygen atoms in total. The van der Waals surface area contributed by atoms with Gasteiger partial charge >= 0.3 is 0 Å². The molecule has 96 valence electrons. The predicted molar refractivity (Wildman–Crippen MR) is 62.6 cm³/mol. The van der Waals surface area contributed by atoms with E-state index in [0.29, 0.717) is 5.92 Å². The molecule has 3 atom stereocenters. The summed E-state index contributed by atoms with van der Waals surface area (Å²) in [4.78, 5) is 1.75. The highest BCUT2D eigenvalue weighted by Crippen LogP contribution is 2.29. The third-order valence-electron chi connectivity index (χ3n) is 3.67. The number of rotatable bonds is 5. The minimum Gasteiger partial charge on any atom is -0.326 e. The van der Waals surface area contributed by atoms with Crippen molar-refractivity contribution in [3.05, 3.63) is 0 Å². The van der Waals surface area contributed by atoms with Gasteiger partial charge in [-0.15, -0.1) is 0 Å². The van der Waals surface area contributed by atoms with Crippen LogP contribution in [0.3, 0.4) is 0 Å². The lowest BCUT2D eigenvalue weighted by atomic mass is 9.80. The molecule has 1 aliphatic rings. The Labute approximate surface area is 97.2 Å². The molecule has 0 aromatic carbocycles. The molecule has 0 bridgehead atoms. The van der Waals surface area contributed by atoms with Gasteiger partial charge in [0.1, 0.15) is 0 Å². The Morgan fingerprint density at radius 3 is 2.62 bits per heavy atom. The summed E-state index contributed by atoms with van der Waals surface area (Å²) in [7, 11) is 1.77. The van der Waals surface area contributed by atoms with Gasteiger partial charge in [0.05, 0.1) is 6.54 Å². The lowest BCUT2D eigenvalue weighted by molar-refractivity contribution is 0.0544. The highest BCUT2D eigenvalue weighted by atomic mass is 19.3. The zero-order chi connectivity index (χ0) is 12.1. The number of alkyl halides is 2. The Kier molecular flexibility index (Phi) is 5.62. The molecule has 0 amide bonds. The number of likely N-dealkylation sites (N-methyl/N-ethyl adjacent to an activating group) is 1. The van der Waals surface area contributed by atoms with Gasteiger partial charge in [0.15, 0.2) is 0 Å². The van der Waals surface area contributed by atoms with E-state index >= 15 is 0 Å². The Morgan fingerprint density at radius 1 is 1.38 bits per heavy atom. The fourth-order valence-electron chi connectivity index (χ4n) is 2.79. The summed E-state index contributed by atoms with van der Waals surface area (Å²) in [6, 6.07) is 0.205. The first-order valence-electron chi connectivity index (χ1n) is 6.28. The van der Waals surface area contributed by atoms with Crippen molar-refractivity contribution < 1.29 is 8.78 Å². The van der Waals surface area contributed by atoms with Crippen LogP contribution in [0.25, 0.3) is 0 Å². The number of hydrogen-bond acceptors (Lipinski definition) is 2. The van der Waals surface area contributed by atoms with Crippen molar-refractivity contribution in [3.63, 3.8) is 0 Å². The second-order valence-electron chi connectivity index (χ2n) is 5.03. The molecule has 0 radical (unpaired) electrons. The van der Waals surface area contributed by atoms with Crippen LogP contribution in [-0.2, 0) is 0 Å². The van der Waals surface area contributed by atoms with Crippen LogP contribution in [0.15, 0.2) is 0 Å². The van der Waals surface area contributed by atoms with E-state index < -0.39 is 6.43 Å². The topological polar surface area (TPSA) is 29.3 Å². The van der Waals surface area contributed by atoms with Gasteiger partial charge in [-0.05, 0) is 32.2 Å².